The highest BCUT2D eigenvalue weighted by Gasteiger charge is 2.14. The average molecular weight is 1170 g/mol. The Kier molecular flexibility index (Phi) is 30.2. The Labute approximate surface area is 492 Å². The van der Waals surface area contributed by atoms with Gasteiger partial charge in [-0.3, -0.25) is 0 Å². The van der Waals surface area contributed by atoms with Crippen LogP contribution in [-0.4, -0.2) is 0 Å². The van der Waals surface area contributed by atoms with Crippen LogP contribution in [0.2, 0.25) is 0 Å². The summed E-state index contributed by atoms with van der Waals surface area (Å²) in [6, 6.07) is 27.9. The van der Waals surface area contributed by atoms with Crippen LogP contribution in [0.3, 0.4) is 0 Å². The number of hydrogen-bond donors (Lipinski definition) is 0. The molecule has 0 radical (unpaired) electrons. The van der Waals surface area contributed by atoms with Crippen molar-refractivity contribution < 1.29 is 0 Å². The third-order valence-corrected chi connectivity index (χ3v) is 17.2. The summed E-state index contributed by atoms with van der Waals surface area (Å²) in [4.78, 5) is 0. The average Bonchev–Trinajstić information content (AvgIpc) is 3.48. The number of halogens is 2. The molecule has 414 valence electrons. The van der Waals surface area contributed by atoms with Gasteiger partial charge in [0.2, 0.25) is 0 Å². The molecule has 0 amide bonds. The van der Waals surface area contributed by atoms with Crippen LogP contribution in [0.15, 0.2) is 81.7 Å². The monoisotopic (exact) mass is 1170 g/mol. The summed E-state index contributed by atoms with van der Waals surface area (Å²) < 4.78 is 2.15. The summed E-state index contributed by atoms with van der Waals surface area (Å²) in [5, 5.41) is 9.67. The van der Waals surface area contributed by atoms with Crippen molar-refractivity contribution in [2.75, 3.05) is 0 Å². The van der Waals surface area contributed by atoms with Crippen LogP contribution in [0.4, 0.5) is 0 Å². The van der Waals surface area contributed by atoms with E-state index < -0.39 is 0 Å². The lowest BCUT2D eigenvalue weighted by molar-refractivity contribution is 0.579. The van der Waals surface area contributed by atoms with Gasteiger partial charge in [0.25, 0.3) is 0 Å². The molecule has 6 aromatic carbocycles. The van der Waals surface area contributed by atoms with Crippen molar-refractivity contribution in [3.63, 3.8) is 0 Å². The van der Waals surface area contributed by atoms with Crippen LogP contribution in [0.5, 0.6) is 0 Å². The molecule has 0 bridgehead atoms. The van der Waals surface area contributed by atoms with Crippen molar-refractivity contribution >= 4 is 74.9 Å². The largest absolute Gasteiger partial charge is 0.0978 e. The Hall–Kier alpha value is -4.44. The van der Waals surface area contributed by atoms with Gasteiger partial charge in [-0.25, -0.2) is 0 Å². The van der Waals surface area contributed by atoms with Gasteiger partial charge in [0, 0.05) is 56.9 Å². The van der Waals surface area contributed by atoms with Crippen molar-refractivity contribution in [2.45, 2.75) is 259 Å². The summed E-state index contributed by atoms with van der Waals surface area (Å²) in [5.41, 5.74) is 6.57. The minimum Gasteiger partial charge on any atom is -0.0978 e. The predicted molar refractivity (Wildman–Crippen MR) is 354 cm³/mol. The Morgan fingerprint density at radius 3 is 0.654 bits per heavy atom. The summed E-state index contributed by atoms with van der Waals surface area (Å²) in [6.07, 6.45) is 45.9. The van der Waals surface area contributed by atoms with Gasteiger partial charge in [0.1, 0.15) is 0 Å². The normalized spacial score (nSPS) is 11.1. The number of fused-ring (bicyclic) bond motifs is 4. The van der Waals surface area contributed by atoms with Gasteiger partial charge in [0.05, 0.1) is 0 Å². The molecule has 0 heterocycles. The summed E-state index contributed by atoms with van der Waals surface area (Å²) in [6.45, 7) is 9.16. The van der Waals surface area contributed by atoms with E-state index in [9.17, 15) is 0 Å². The van der Waals surface area contributed by atoms with Crippen molar-refractivity contribution in [3.05, 3.63) is 104 Å². The highest BCUT2D eigenvalue weighted by molar-refractivity contribution is 9.11. The van der Waals surface area contributed by atoms with E-state index in [2.05, 4.69) is 180 Å². The maximum absolute atomic E-state index is 4.06. The summed E-state index contributed by atoms with van der Waals surface area (Å²) in [5.74, 6) is 28.7. The van der Waals surface area contributed by atoms with Crippen molar-refractivity contribution in [1.82, 2.24) is 0 Å². The molecule has 0 saturated heterocycles. The summed E-state index contributed by atoms with van der Waals surface area (Å²) in [7, 11) is 0. The quantitative estimate of drug-likeness (QED) is 0.0219. The topological polar surface area (TPSA) is 0 Å². The molecule has 0 unspecified atom stereocenters. The Morgan fingerprint density at radius 2 is 0.423 bits per heavy atom. The molecule has 0 spiro atoms. The molecular formula is C76H96Br2. The van der Waals surface area contributed by atoms with Gasteiger partial charge in [-0.05, 0) is 153 Å². The van der Waals surface area contributed by atoms with Crippen LogP contribution < -0.4 is 0 Å². The molecule has 0 aliphatic carbocycles. The molecule has 0 saturated carbocycles. The van der Waals surface area contributed by atoms with E-state index in [-0.39, 0.29) is 0 Å². The molecule has 0 atom stereocenters. The fourth-order valence-electron chi connectivity index (χ4n) is 11.0. The zero-order chi connectivity index (χ0) is 54.8. The number of hydrogen-bond acceptors (Lipinski definition) is 0. The maximum Gasteiger partial charge on any atom is 0.0408 e. The van der Waals surface area contributed by atoms with Crippen LogP contribution in [0.25, 0.3) is 54.2 Å². The fourth-order valence-corrected chi connectivity index (χ4v) is 12.1. The molecular weight excluding hydrogens is 1070 g/mol. The van der Waals surface area contributed by atoms with E-state index in [4.69, 9.17) is 0 Å². The molecule has 0 aliphatic rings. The van der Waals surface area contributed by atoms with Crippen molar-refractivity contribution in [2.24, 2.45) is 0 Å². The first-order valence-electron chi connectivity index (χ1n) is 31.8. The van der Waals surface area contributed by atoms with Crippen LogP contribution in [-0.2, 0) is 0 Å². The molecule has 6 rings (SSSR count). The molecule has 0 aliphatic heterocycles. The first-order valence-corrected chi connectivity index (χ1v) is 33.4. The Bertz CT molecular complexity index is 2820. The SMILES string of the molecule is CCCCCCCCCCC#Cc1cc2cc3cc(Br)c(-c4cc5cc6cc(C#CCCCCCCCCCC)c(C#CCCCCCCCCCC)cc6cc5cc4Br)cc3cc2cc1C#CCCCCCCCCCC. The zero-order valence-electron chi connectivity index (χ0n) is 49.1. The lowest BCUT2D eigenvalue weighted by atomic mass is 9.94. The zero-order valence-corrected chi connectivity index (χ0v) is 52.3. The second-order valence-electron chi connectivity index (χ2n) is 22.7. The van der Waals surface area contributed by atoms with E-state index >= 15 is 0 Å². The van der Waals surface area contributed by atoms with Crippen LogP contribution in [0.1, 0.15) is 281 Å². The van der Waals surface area contributed by atoms with Gasteiger partial charge in [-0.2, -0.15) is 0 Å². The van der Waals surface area contributed by atoms with Crippen molar-refractivity contribution in [1.29, 1.82) is 0 Å². The van der Waals surface area contributed by atoms with Crippen molar-refractivity contribution in [3.8, 4) is 58.5 Å². The third-order valence-electron chi connectivity index (χ3n) is 15.8. The van der Waals surface area contributed by atoms with E-state index in [1.807, 2.05) is 0 Å². The fraction of sp³-hybridized carbons (Fsp3) is 0.526. The minimum absolute atomic E-state index is 0.938. The molecule has 0 aromatic heterocycles. The van der Waals surface area contributed by atoms with E-state index in [1.54, 1.807) is 0 Å². The summed E-state index contributed by atoms with van der Waals surface area (Å²) >= 11 is 8.11. The van der Waals surface area contributed by atoms with E-state index in [1.165, 1.54) is 260 Å². The number of rotatable bonds is 33. The minimum atomic E-state index is 0.938. The van der Waals surface area contributed by atoms with Gasteiger partial charge >= 0.3 is 0 Å². The molecule has 0 N–H and O–H groups in total. The first-order chi connectivity index (χ1) is 38.4. The molecule has 6 aromatic rings. The molecule has 78 heavy (non-hydrogen) atoms. The number of benzene rings is 6. The molecule has 2 heteroatoms. The Balaban J connectivity index is 1.24. The smallest absolute Gasteiger partial charge is 0.0408 e. The number of unbranched alkanes of at least 4 members (excludes halogenated alkanes) is 32. The van der Waals surface area contributed by atoms with Crippen LogP contribution >= 0.6 is 31.9 Å². The second-order valence-corrected chi connectivity index (χ2v) is 24.4. The molecule has 0 nitrogen and oxygen atoms in total. The lowest BCUT2D eigenvalue weighted by Gasteiger charge is -2.13. The van der Waals surface area contributed by atoms with Crippen LogP contribution in [0, 0.1) is 47.4 Å². The van der Waals surface area contributed by atoms with E-state index in [0.717, 1.165) is 56.9 Å². The van der Waals surface area contributed by atoms with Gasteiger partial charge < -0.3 is 0 Å². The highest BCUT2D eigenvalue weighted by Crippen LogP contribution is 2.41. The standard InChI is InChI=1S/C76H96Br2/c1-5-9-13-17-21-25-29-33-37-41-45-61-49-65-53-69-57-73(75(77)59-71(69)55-67(65)51-63(61)47-43-39-35-31-27-23-19-15-11-7-3)74-58-70-54-66-50-62(46-42-38-34-30-26-22-18-14-10-6-2)64(52-68(66)56-72(70)60-76(74)78)48-44-40-36-32-28-24-20-16-12-8-4/h49-60H,5-40H2,1-4H3. The lowest BCUT2D eigenvalue weighted by Crippen LogP contribution is -1.89. The van der Waals surface area contributed by atoms with E-state index in [0.29, 0.717) is 0 Å². The Morgan fingerprint density at radius 1 is 0.231 bits per heavy atom. The van der Waals surface area contributed by atoms with Gasteiger partial charge in [-0.1, -0.05) is 287 Å². The third kappa shape index (κ3) is 21.9. The second kappa shape index (κ2) is 37.5. The van der Waals surface area contributed by atoms with Gasteiger partial charge in [0.15, 0.2) is 0 Å². The molecule has 0 fully saturated rings. The maximum atomic E-state index is 4.06. The predicted octanol–water partition coefficient (Wildman–Crippen LogP) is 25.0. The van der Waals surface area contributed by atoms with Gasteiger partial charge in [-0.15, -0.1) is 0 Å². The first kappa shape index (κ1) is 62.8. The highest BCUT2D eigenvalue weighted by atomic mass is 79.9.